The van der Waals surface area contributed by atoms with Crippen molar-refractivity contribution in [3.63, 3.8) is 0 Å². The lowest BCUT2D eigenvalue weighted by atomic mass is 10.1. The number of hydrogen-bond acceptors (Lipinski definition) is 4. The molecule has 0 radical (unpaired) electrons. The molecule has 0 fully saturated rings. The Morgan fingerprint density at radius 2 is 1.56 bits per heavy atom. The lowest BCUT2D eigenvalue weighted by molar-refractivity contribution is 0.576. The van der Waals surface area contributed by atoms with Crippen LogP contribution in [0.3, 0.4) is 0 Å². The molecule has 3 aromatic rings. The van der Waals surface area contributed by atoms with Crippen molar-refractivity contribution in [1.29, 1.82) is 0 Å². The van der Waals surface area contributed by atoms with Gasteiger partial charge in [-0.3, -0.25) is 4.72 Å². The molecule has 0 unspecified atom stereocenters. The molecule has 0 saturated carbocycles. The van der Waals surface area contributed by atoms with Crippen LogP contribution in [0.1, 0.15) is 68.7 Å². The van der Waals surface area contributed by atoms with Crippen LogP contribution >= 0.6 is 22.9 Å². The Morgan fingerprint density at radius 3 is 2.26 bits per heavy atom. The maximum Gasteiger partial charge on any atom is 0.256 e. The van der Waals surface area contributed by atoms with Crippen molar-refractivity contribution < 1.29 is 8.42 Å². The van der Waals surface area contributed by atoms with E-state index in [9.17, 15) is 8.42 Å². The number of rotatable bonds is 14. The summed E-state index contributed by atoms with van der Waals surface area (Å²) in [7, 11) is -3.72. The second kappa shape index (κ2) is 13.7. The predicted molar refractivity (Wildman–Crippen MR) is 147 cm³/mol. The number of anilines is 1. The highest BCUT2D eigenvalue weighted by Gasteiger charge is 2.16. The molecule has 1 aromatic heterocycles. The Labute approximate surface area is 213 Å². The van der Waals surface area contributed by atoms with Gasteiger partial charge in [-0.15, -0.1) is 11.3 Å². The molecule has 182 valence electrons. The van der Waals surface area contributed by atoms with Crippen LogP contribution in [-0.2, 0) is 16.4 Å². The van der Waals surface area contributed by atoms with Crippen LogP contribution < -0.4 is 4.72 Å². The molecule has 3 rings (SSSR count). The number of sulfonamides is 1. The molecular weight excluding hydrogens is 484 g/mol. The summed E-state index contributed by atoms with van der Waals surface area (Å²) in [6, 6.07) is 17.1. The van der Waals surface area contributed by atoms with Crippen LogP contribution in [0.15, 0.2) is 60.0 Å². The number of nitrogens with zero attached hydrogens (tertiary/aromatic N) is 1. The summed E-state index contributed by atoms with van der Waals surface area (Å²) in [5, 5.41) is 2.02. The average molecular weight is 517 g/mol. The molecule has 7 heteroatoms. The average Bonchev–Trinajstić information content (AvgIpc) is 3.22. The molecule has 0 aliphatic carbocycles. The van der Waals surface area contributed by atoms with Gasteiger partial charge in [-0.2, -0.15) is 0 Å². The minimum atomic E-state index is -3.72. The summed E-state index contributed by atoms with van der Waals surface area (Å²) in [4.78, 5) is 5.77. The van der Waals surface area contributed by atoms with E-state index >= 15 is 0 Å². The SMILES string of the molecule is CCCCCCCCCCc1sc(NS(=O)(=O)/C=C/c2ccccc2Cl)nc1-c1ccccc1. The van der Waals surface area contributed by atoms with Gasteiger partial charge in [0.25, 0.3) is 10.0 Å². The zero-order valence-corrected chi connectivity index (χ0v) is 22.1. The number of hydrogen-bond donors (Lipinski definition) is 1. The van der Waals surface area contributed by atoms with Gasteiger partial charge in [0.05, 0.1) is 11.1 Å². The summed E-state index contributed by atoms with van der Waals surface area (Å²) in [5.74, 6) is 0. The second-order valence-corrected chi connectivity index (χ2v) is 11.4. The van der Waals surface area contributed by atoms with Gasteiger partial charge >= 0.3 is 0 Å². The van der Waals surface area contributed by atoms with Gasteiger partial charge in [-0.05, 0) is 30.5 Å². The van der Waals surface area contributed by atoms with Crippen LogP contribution in [0.5, 0.6) is 0 Å². The van der Waals surface area contributed by atoms with Gasteiger partial charge in [0.15, 0.2) is 5.13 Å². The maximum absolute atomic E-state index is 12.7. The van der Waals surface area contributed by atoms with E-state index in [0.29, 0.717) is 15.7 Å². The van der Waals surface area contributed by atoms with E-state index in [-0.39, 0.29) is 0 Å². The van der Waals surface area contributed by atoms with E-state index in [1.807, 2.05) is 36.4 Å². The summed E-state index contributed by atoms with van der Waals surface area (Å²) in [6.07, 6.45) is 12.4. The number of thiazole rings is 1. The van der Waals surface area contributed by atoms with Gasteiger partial charge in [0.2, 0.25) is 0 Å². The number of nitrogens with one attached hydrogen (secondary N) is 1. The third-order valence-electron chi connectivity index (χ3n) is 5.56. The minimum Gasteiger partial charge on any atom is -0.255 e. The van der Waals surface area contributed by atoms with E-state index in [0.717, 1.165) is 34.4 Å². The Balaban J connectivity index is 1.67. The lowest BCUT2D eigenvalue weighted by Crippen LogP contribution is -2.08. The monoisotopic (exact) mass is 516 g/mol. The van der Waals surface area contributed by atoms with Crippen molar-refractivity contribution in [3.8, 4) is 11.3 Å². The smallest absolute Gasteiger partial charge is 0.255 e. The standard InChI is InChI=1S/C27H33ClN2O2S2/c1-2-3-4-5-6-7-8-12-19-25-26(23-16-10-9-11-17-23)29-27(33-25)30-34(31,32)21-20-22-15-13-14-18-24(22)28/h9-11,13-18,20-21H,2-8,12,19H2,1H3,(H,29,30)/b21-20+. The van der Waals surface area contributed by atoms with Crippen molar-refractivity contribution in [2.75, 3.05) is 4.72 Å². The highest BCUT2D eigenvalue weighted by Crippen LogP contribution is 2.33. The zero-order chi connectivity index (χ0) is 24.2. The fourth-order valence-electron chi connectivity index (χ4n) is 3.73. The number of aromatic nitrogens is 1. The van der Waals surface area contributed by atoms with E-state index in [4.69, 9.17) is 11.6 Å². The van der Waals surface area contributed by atoms with Gasteiger partial charge in [-0.1, -0.05) is 112 Å². The summed E-state index contributed by atoms with van der Waals surface area (Å²) >= 11 is 7.55. The highest BCUT2D eigenvalue weighted by atomic mass is 35.5. The van der Waals surface area contributed by atoms with Crippen molar-refractivity contribution in [3.05, 3.63) is 75.5 Å². The molecule has 4 nitrogen and oxygen atoms in total. The molecule has 0 atom stereocenters. The van der Waals surface area contributed by atoms with E-state index in [1.165, 1.54) is 62.4 Å². The van der Waals surface area contributed by atoms with E-state index < -0.39 is 10.0 Å². The molecule has 0 aliphatic rings. The number of aryl methyl sites for hydroxylation is 1. The van der Waals surface area contributed by atoms with Crippen LogP contribution in [-0.4, -0.2) is 13.4 Å². The summed E-state index contributed by atoms with van der Waals surface area (Å²) < 4.78 is 28.0. The van der Waals surface area contributed by atoms with Gasteiger partial charge in [-0.25, -0.2) is 13.4 Å². The first-order chi connectivity index (χ1) is 16.5. The molecule has 0 saturated heterocycles. The molecular formula is C27H33ClN2O2S2. The third kappa shape index (κ3) is 8.57. The van der Waals surface area contributed by atoms with E-state index in [1.54, 1.807) is 18.2 Å². The van der Waals surface area contributed by atoms with Crippen LogP contribution in [0, 0.1) is 0 Å². The van der Waals surface area contributed by atoms with Gasteiger partial charge in [0.1, 0.15) is 0 Å². The Kier molecular flexibility index (Phi) is 10.6. The first-order valence-corrected chi connectivity index (χ1v) is 14.7. The Morgan fingerprint density at radius 1 is 0.912 bits per heavy atom. The Hall–Kier alpha value is -2.15. The molecule has 0 spiro atoms. The van der Waals surface area contributed by atoms with Crippen LogP contribution in [0.2, 0.25) is 5.02 Å². The van der Waals surface area contributed by atoms with Crippen molar-refractivity contribution in [2.24, 2.45) is 0 Å². The van der Waals surface area contributed by atoms with E-state index in [2.05, 4.69) is 16.6 Å². The fourth-order valence-corrected chi connectivity index (χ4v) is 6.01. The first-order valence-electron chi connectivity index (χ1n) is 12.0. The van der Waals surface area contributed by atoms with Crippen molar-refractivity contribution >= 4 is 44.2 Å². The predicted octanol–water partition coefficient (Wildman–Crippen LogP) is 8.56. The largest absolute Gasteiger partial charge is 0.256 e. The molecule has 0 bridgehead atoms. The third-order valence-corrected chi connectivity index (χ3v) is 8.04. The zero-order valence-electron chi connectivity index (χ0n) is 19.7. The molecule has 1 N–H and O–H groups in total. The lowest BCUT2D eigenvalue weighted by Gasteiger charge is -2.03. The highest BCUT2D eigenvalue weighted by molar-refractivity contribution is 7.95. The van der Waals surface area contributed by atoms with Gasteiger partial charge in [0, 0.05) is 15.5 Å². The van der Waals surface area contributed by atoms with Crippen molar-refractivity contribution in [1.82, 2.24) is 4.98 Å². The first kappa shape index (κ1) is 26.5. The van der Waals surface area contributed by atoms with Crippen LogP contribution in [0.4, 0.5) is 5.13 Å². The van der Waals surface area contributed by atoms with Crippen molar-refractivity contribution in [2.45, 2.75) is 64.7 Å². The topological polar surface area (TPSA) is 59.1 Å². The number of benzene rings is 2. The summed E-state index contributed by atoms with van der Waals surface area (Å²) in [6.45, 7) is 2.24. The quantitative estimate of drug-likeness (QED) is 0.218. The normalized spacial score (nSPS) is 11.8. The van der Waals surface area contributed by atoms with Crippen LogP contribution in [0.25, 0.3) is 17.3 Å². The minimum absolute atomic E-state index is 0.386. The summed E-state index contributed by atoms with van der Waals surface area (Å²) in [5.41, 5.74) is 2.51. The molecule has 34 heavy (non-hydrogen) atoms. The molecule has 1 heterocycles. The molecule has 0 aliphatic heterocycles. The molecule has 0 amide bonds. The van der Waals surface area contributed by atoms with Gasteiger partial charge < -0.3 is 0 Å². The second-order valence-electron chi connectivity index (χ2n) is 8.35. The number of halogens is 1. The maximum atomic E-state index is 12.7. The Bertz CT molecular complexity index is 1160. The fraction of sp³-hybridized carbons (Fsp3) is 0.370. The number of unbranched alkanes of at least 4 members (excludes halogenated alkanes) is 7. The molecule has 2 aromatic carbocycles.